The number of hydrogen-bond donors (Lipinski definition) is 1. The fraction of sp³-hybridized carbons (Fsp3) is 0.500. The topological polar surface area (TPSA) is 38.3 Å². The summed E-state index contributed by atoms with van der Waals surface area (Å²) >= 11 is 0. The minimum atomic E-state index is -0.0860. The van der Waals surface area contributed by atoms with Crippen LogP contribution in [0.2, 0.25) is 0 Å². The van der Waals surface area contributed by atoms with Crippen LogP contribution in [0, 0.1) is 12.8 Å². The summed E-state index contributed by atoms with van der Waals surface area (Å²) in [5.41, 5.74) is 2.46. The van der Waals surface area contributed by atoms with Crippen molar-refractivity contribution in [3.05, 3.63) is 35.4 Å². The van der Waals surface area contributed by atoms with Crippen molar-refractivity contribution in [2.45, 2.75) is 19.3 Å². The second-order valence-electron chi connectivity index (χ2n) is 4.64. The summed E-state index contributed by atoms with van der Waals surface area (Å²) in [7, 11) is 1.47. The normalized spacial score (nSPS) is 24.4. The average Bonchev–Trinajstić information content (AvgIpc) is 2.39. The molecule has 3 heteroatoms. The first-order valence-corrected chi connectivity index (χ1v) is 6.07. The molecule has 0 radical (unpaired) electrons. The Bertz CT molecular complexity index is 386. The molecule has 1 aromatic rings. The Morgan fingerprint density at radius 3 is 2.71 bits per heavy atom. The Morgan fingerprint density at radius 1 is 1.35 bits per heavy atom. The van der Waals surface area contributed by atoms with Gasteiger partial charge in [-0.15, -0.1) is 0 Å². The number of hydrogen-bond acceptors (Lipinski definition) is 3. The molecule has 0 bridgehead atoms. The maximum atomic E-state index is 11.8. The Kier molecular flexibility index (Phi) is 3.79. The van der Waals surface area contributed by atoms with E-state index in [2.05, 4.69) is 36.5 Å². The number of methoxy groups -OCH3 is 1. The van der Waals surface area contributed by atoms with Crippen LogP contribution in [0.3, 0.4) is 0 Å². The molecule has 0 aliphatic carbocycles. The van der Waals surface area contributed by atoms with Crippen molar-refractivity contribution in [1.82, 2.24) is 5.32 Å². The van der Waals surface area contributed by atoms with Gasteiger partial charge in [-0.2, -0.15) is 0 Å². The Balaban J connectivity index is 2.21. The molecule has 0 unspecified atom stereocenters. The summed E-state index contributed by atoms with van der Waals surface area (Å²) in [6.45, 7) is 3.81. The highest BCUT2D eigenvalue weighted by atomic mass is 16.5. The van der Waals surface area contributed by atoms with Crippen LogP contribution in [0.4, 0.5) is 0 Å². The molecule has 17 heavy (non-hydrogen) atoms. The van der Waals surface area contributed by atoms with Crippen LogP contribution < -0.4 is 5.32 Å². The lowest BCUT2D eigenvalue weighted by Crippen LogP contribution is -2.39. The molecule has 0 spiro atoms. The van der Waals surface area contributed by atoms with Crippen LogP contribution in [-0.2, 0) is 9.53 Å². The molecule has 0 amide bonds. The number of piperidine rings is 1. The Hall–Kier alpha value is -1.35. The van der Waals surface area contributed by atoms with Crippen LogP contribution in [0.25, 0.3) is 0 Å². The van der Waals surface area contributed by atoms with Gasteiger partial charge in [-0.05, 0) is 25.5 Å². The molecule has 1 aromatic carbocycles. The lowest BCUT2D eigenvalue weighted by molar-refractivity contribution is -0.147. The maximum absolute atomic E-state index is 11.8. The molecule has 3 nitrogen and oxygen atoms in total. The van der Waals surface area contributed by atoms with Gasteiger partial charge in [0.25, 0.3) is 0 Å². The molecule has 0 aromatic heterocycles. The van der Waals surface area contributed by atoms with Crippen molar-refractivity contribution < 1.29 is 9.53 Å². The fourth-order valence-corrected chi connectivity index (χ4v) is 2.46. The summed E-state index contributed by atoms with van der Waals surface area (Å²) in [5, 5.41) is 3.35. The van der Waals surface area contributed by atoms with E-state index in [0.717, 1.165) is 19.5 Å². The SMILES string of the molecule is COC(=O)[C@@H]1CCNC[C@@H]1c1ccc(C)cc1. The number of ether oxygens (including phenoxy) is 1. The Morgan fingerprint density at radius 2 is 2.06 bits per heavy atom. The van der Waals surface area contributed by atoms with Crippen molar-refractivity contribution in [3.8, 4) is 0 Å². The van der Waals surface area contributed by atoms with Gasteiger partial charge in [0, 0.05) is 12.5 Å². The molecule has 1 heterocycles. The lowest BCUT2D eigenvalue weighted by atomic mass is 9.81. The Labute approximate surface area is 102 Å². The van der Waals surface area contributed by atoms with Gasteiger partial charge in [-0.3, -0.25) is 4.79 Å². The van der Waals surface area contributed by atoms with Crippen LogP contribution in [0.5, 0.6) is 0 Å². The second kappa shape index (κ2) is 5.32. The molecule has 1 saturated heterocycles. The minimum Gasteiger partial charge on any atom is -0.469 e. The average molecular weight is 233 g/mol. The first-order chi connectivity index (χ1) is 8.22. The summed E-state index contributed by atoms with van der Waals surface area (Å²) in [6, 6.07) is 8.42. The van der Waals surface area contributed by atoms with E-state index >= 15 is 0 Å². The molecule has 92 valence electrons. The maximum Gasteiger partial charge on any atom is 0.309 e. The summed E-state index contributed by atoms with van der Waals surface area (Å²) in [4.78, 5) is 11.8. The van der Waals surface area contributed by atoms with Gasteiger partial charge in [0.2, 0.25) is 0 Å². The zero-order valence-electron chi connectivity index (χ0n) is 10.4. The van der Waals surface area contributed by atoms with Crippen molar-refractivity contribution in [3.63, 3.8) is 0 Å². The molecule has 1 aliphatic rings. The van der Waals surface area contributed by atoms with E-state index < -0.39 is 0 Å². The monoisotopic (exact) mass is 233 g/mol. The molecule has 2 atom stereocenters. The molecule has 0 saturated carbocycles. The van der Waals surface area contributed by atoms with Gasteiger partial charge >= 0.3 is 5.97 Å². The summed E-state index contributed by atoms with van der Waals surface area (Å²) in [6.07, 6.45) is 0.852. The van der Waals surface area contributed by atoms with E-state index in [-0.39, 0.29) is 17.8 Å². The molecule has 2 rings (SSSR count). The van der Waals surface area contributed by atoms with Crippen molar-refractivity contribution >= 4 is 5.97 Å². The van der Waals surface area contributed by atoms with Crippen LogP contribution in [-0.4, -0.2) is 26.2 Å². The van der Waals surface area contributed by atoms with Gasteiger partial charge < -0.3 is 10.1 Å². The predicted octanol–water partition coefficient (Wildman–Crippen LogP) is 1.86. The number of nitrogens with one attached hydrogen (secondary N) is 1. The van der Waals surface area contributed by atoms with Crippen LogP contribution >= 0.6 is 0 Å². The smallest absolute Gasteiger partial charge is 0.309 e. The molecule has 1 fully saturated rings. The van der Waals surface area contributed by atoms with Crippen LogP contribution in [0.1, 0.15) is 23.5 Å². The molecular formula is C14H19NO2. The van der Waals surface area contributed by atoms with Crippen molar-refractivity contribution in [1.29, 1.82) is 0 Å². The third kappa shape index (κ3) is 2.67. The number of carbonyl (C=O) groups is 1. The van der Waals surface area contributed by atoms with Crippen molar-refractivity contribution in [2.75, 3.05) is 20.2 Å². The van der Waals surface area contributed by atoms with E-state index in [0.29, 0.717) is 0 Å². The van der Waals surface area contributed by atoms with E-state index in [4.69, 9.17) is 4.74 Å². The van der Waals surface area contributed by atoms with Gasteiger partial charge in [0.15, 0.2) is 0 Å². The highest BCUT2D eigenvalue weighted by Gasteiger charge is 2.32. The third-order valence-electron chi connectivity index (χ3n) is 3.49. The minimum absolute atomic E-state index is 0.0102. The van der Waals surface area contributed by atoms with E-state index in [1.165, 1.54) is 18.2 Å². The highest BCUT2D eigenvalue weighted by Crippen LogP contribution is 2.30. The number of rotatable bonds is 2. The van der Waals surface area contributed by atoms with Crippen molar-refractivity contribution in [2.24, 2.45) is 5.92 Å². The quantitative estimate of drug-likeness (QED) is 0.792. The fourth-order valence-electron chi connectivity index (χ4n) is 2.46. The highest BCUT2D eigenvalue weighted by molar-refractivity contribution is 5.73. The van der Waals surface area contributed by atoms with E-state index in [1.54, 1.807) is 0 Å². The zero-order chi connectivity index (χ0) is 12.3. The summed E-state index contributed by atoms with van der Waals surface area (Å²) < 4.78 is 4.90. The zero-order valence-corrected chi connectivity index (χ0v) is 10.4. The number of benzene rings is 1. The molecule has 1 aliphatic heterocycles. The van der Waals surface area contributed by atoms with Gasteiger partial charge in [0.05, 0.1) is 13.0 Å². The van der Waals surface area contributed by atoms with E-state index in [9.17, 15) is 4.79 Å². The first kappa shape index (κ1) is 12.1. The van der Waals surface area contributed by atoms with Gasteiger partial charge in [-0.25, -0.2) is 0 Å². The number of esters is 1. The molecule has 1 N–H and O–H groups in total. The largest absolute Gasteiger partial charge is 0.469 e. The number of carbonyl (C=O) groups excluding carboxylic acids is 1. The van der Waals surface area contributed by atoms with Gasteiger partial charge in [-0.1, -0.05) is 29.8 Å². The van der Waals surface area contributed by atoms with Crippen LogP contribution in [0.15, 0.2) is 24.3 Å². The summed E-state index contributed by atoms with van der Waals surface area (Å²) in [5.74, 6) is 0.137. The van der Waals surface area contributed by atoms with Gasteiger partial charge in [0.1, 0.15) is 0 Å². The molecular weight excluding hydrogens is 214 g/mol. The number of aryl methyl sites for hydroxylation is 1. The lowest BCUT2D eigenvalue weighted by Gasteiger charge is -2.30. The second-order valence-corrected chi connectivity index (χ2v) is 4.64. The first-order valence-electron chi connectivity index (χ1n) is 6.07. The van der Waals surface area contributed by atoms with E-state index in [1.807, 2.05) is 0 Å². The standard InChI is InChI=1S/C14H19NO2/c1-10-3-5-11(6-4-10)13-9-15-8-7-12(13)14(16)17-2/h3-6,12-13,15H,7-9H2,1-2H3/t12-,13-/m1/s1. The third-order valence-corrected chi connectivity index (χ3v) is 3.49. The predicted molar refractivity (Wildman–Crippen MR) is 66.9 cm³/mol.